The molecule has 0 spiro atoms. The Morgan fingerprint density at radius 1 is 1.40 bits per heavy atom. The first-order chi connectivity index (χ1) is 9.30. The fourth-order valence-corrected chi connectivity index (χ4v) is 1.58. The number of nitrogens with zero attached hydrogens (tertiary/aromatic N) is 1. The van der Waals surface area contributed by atoms with Crippen LogP contribution in [0.5, 0.6) is 5.75 Å². The molecule has 1 aromatic carbocycles. The Hall–Kier alpha value is -2.27. The van der Waals surface area contributed by atoms with Crippen molar-refractivity contribution >= 4 is 5.97 Å². The van der Waals surface area contributed by atoms with Gasteiger partial charge >= 0.3 is 12.3 Å². The highest BCUT2D eigenvalue weighted by Crippen LogP contribution is 2.31. The molecule has 0 aromatic heterocycles. The Bertz CT molecular complexity index is 550. The molecule has 8 heteroatoms. The lowest BCUT2D eigenvalue weighted by molar-refractivity contribution is -0.275. The average Bonchev–Trinajstić information content (AvgIpc) is 2.38. The Kier molecular flexibility index (Phi) is 4.94. The van der Waals surface area contributed by atoms with Crippen molar-refractivity contribution in [3.63, 3.8) is 0 Å². The van der Waals surface area contributed by atoms with Crippen LogP contribution < -0.4 is 10.5 Å². The summed E-state index contributed by atoms with van der Waals surface area (Å²) >= 11 is 0. The minimum Gasteiger partial charge on any atom is -0.469 e. The van der Waals surface area contributed by atoms with Crippen LogP contribution in [0.1, 0.15) is 16.7 Å². The van der Waals surface area contributed by atoms with Gasteiger partial charge in [0.2, 0.25) is 0 Å². The molecule has 0 heterocycles. The van der Waals surface area contributed by atoms with Crippen molar-refractivity contribution < 1.29 is 27.4 Å². The minimum absolute atomic E-state index is 0.0136. The van der Waals surface area contributed by atoms with Crippen molar-refractivity contribution in [2.24, 2.45) is 5.73 Å². The molecule has 0 atom stereocenters. The summed E-state index contributed by atoms with van der Waals surface area (Å²) in [4.78, 5) is 11.2. The predicted octanol–water partition coefficient (Wildman–Crippen LogP) is 1.63. The maximum Gasteiger partial charge on any atom is 0.573 e. The van der Waals surface area contributed by atoms with Crippen LogP contribution in [0.2, 0.25) is 0 Å². The molecular formula is C12H11F3N2O3. The van der Waals surface area contributed by atoms with E-state index in [-0.39, 0.29) is 23.2 Å². The molecule has 5 nitrogen and oxygen atoms in total. The van der Waals surface area contributed by atoms with Crippen LogP contribution in [0.4, 0.5) is 13.2 Å². The lowest BCUT2D eigenvalue weighted by Crippen LogP contribution is -2.21. The first-order valence-corrected chi connectivity index (χ1v) is 5.39. The van der Waals surface area contributed by atoms with Crippen molar-refractivity contribution in [1.29, 1.82) is 5.26 Å². The molecule has 0 aliphatic carbocycles. The summed E-state index contributed by atoms with van der Waals surface area (Å²) in [6, 6.07) is 4.10. The topological polar surface area (TPSA) is 85.3 Å². The number of ether oxygens (including phenoxy) is 2. The van der Waals surface area contributed by atoms with Crippen LogP contribution in [0.3, 0.4) is 0 Å². The van der Waals surface area contributed by atoms with E-state index in [1.165, 1.54) is 6.07 Å². The van der Waals surface area contributed by atoms with Gasteiger partial charge in [-0.05, 0) is 12.1 Å². The smallest absolute Gasteiger partial charge is 0.469 e. The monoisotopic (exact) mass is 288 g/mol. The summed E-state index contributed by atoms with van der Waals surface area (Å²) in [5.74, 6) is -1.32. The molecule has 20 heavy (non-hydrogen) atoms. The number of nitriles is 1. The van der Waals surface area contributed by atoms with E-state index in [2.05, 4.69) is 9.47 Å². The van der Waals surface area contributed by atoms with Gasteiger partial charge in [0.1, 0.15) is 5.75 Å². The van der Waals surface area contributed by atoms with Gasteiger partial charge in [-0.25, -0.2) is 0 Å². The molecule has 2 N–H and O–H groups in total. The molecule has 0 bridgehead atoms. The number of nitrogens with two attached hydrogens (primary N) is 1. The second-order valence-electron chi connectivity index (χ2n) is 3.74. The molecule has 0 aliphatic rings. The summed E-state index contributed by atoms with van der Waals surface area (Å²) < 4.78 is 45.5. The zero-order valence-corrected chi connectivity index (χ0v) is 10.5. The average molecular weight is 288 g/mol. The molecule has 0 amide bonds. The van der Waals surface area contributed by atoms with Gasteiger partial charge in [0.25, 0.3) is 0 Å². The Morgan fingerprint density at radius 3 is 2.45 bits per heavy atom. The maximum absolute atomic E-state index is 12.4. The molecule has 108 valence electrons. The van der Waals surface area contributed by atoms with Crippen molar-refractivity contribution in [2.75, 3.05) is 7.11 Å². The van der Waals surface area contributed by atoms with Crippen molar-refractivity contribution in [3.8, 4) is 11.8 Å². The first kappa shape index (κ1) is 15.8. The highest BCUT2D eigenvalue weighted by molar-refractivity contribution is 5.74. The van der Waals surface area contributed by atoms with E-state index in [1.807, 2.05) is 0 Å². The van der Waals surface area contributed by atoms with Gasteiger partial charge < -0.3 is 15.2 Å². The number of benzene rings is 1. The molecule has 0 fully saturated rings. The van der Waals surface area contributed by atoms with Crippen molar-refractivity contribution in [1.82, 2.24) is 0 Å². The number of rotatable bonds is 4. The van der Waals surface area contributed by atoms with Crippen LogP contribution in [-0.4, -0.2) is 19.4 Å². The fourth-order valence-electron chi connectivity index (χ4n) is 1.58. The second kappa shape index (κ2) is 6.25. The second-order valence-corrected chi connectivity index (χ2v) is 3.74. The lowest BCUT2D eigenvalue weighted by Gasteiger charge is -2.16. The zero-order chi connectivity index (χ0) is 15.3. The molecule has 1 aromatic rings. The highest BCUT2D eigenvalue weighted by atomic mass is 19.4. The number of esters is 1. The SMILES string of the molecule is COC(=O)Cc1cc(C#N)cc(CN)c1OC(F)(F)F. The molecule has 1 rings (SSSR count). The highest BCUT2D eigenvalue weighted by Gasteiger charge is 2.33. The number of alkyl halides is 3. The third-order valence-corrected chi connectivity index (χ3v) is 2.37. The third kappa shape index (κ3) is 4.13. The molecule has 0 aliphatic heterocycles. The van der Waals surface area contributed by atoms with E-state index in [0.717, 1.165) is 13.2 Å². The molecule has 0 radical (unpaired) electrons. The summed E-state index contributed by atoms with van der Waals surface area (Å²) in [6.45, 7) is -0.269. The van der Waals surface area contributed by atoms with E-state index >= 15 is 0 Å². The Balaban J connectivity index is 3.35. The normalized spacial score (nSPS) is 10.8. The minimum atomic E-state index is -4.93. The predicted molar refractivity (Wildman–Crippen MR) is 61.5 cm³/mol. The quantitative estimate of drug-likeness (QED) is 0.851. The Morgan fingerprint density at radius 2 is 2.00 bits per heavy atom. The van der Waals surface area contributed by atoms with Gasteiger partial charge in [-0.1, -0.05) is 0 Å². The summed E-state index contributed by atoms with van der Waals surface area (Å²) in [5, 5.41) is 8.83. The Labute approximate surface area is 112 Å². The summed E-state index contributed by atoms with van der Waals surface area (Å²) in [7, 11) is 1.10. The number of halogens is 3. The van der Waals surface area contributed by atoms with Crippen LogP contribution in [0.25, 0.3) is 0 Å². The molecule has 0 saturated heterocycles. The number of methoxy groups -OCH3 is 1. The van der Waals surface area contributed by atoms with Gasteiger partial charge in [0, 0.05) is 17.7 Å². The summed E-state index contributed by atoms with van der Waals surface area (Å²) in [6.07, 6.45) is -5.38. The zero-order valence-electron chi connectivity index (χ0n) is 10.5. The van der Waals surface area contributed by atoms with Crippen molar-refractivity contribution in [3.05, 3.63) is 28.8 Å². The van der Waals surface area contributed by atoms with Gasteiger partial charge in [0.15, 0.2) is 0 Å². The number of carbonyl (C=O) groups excluding carboxylic acids is 1. The first-order valence-electron chi connectivity index (χ1n) is 5.39. The van der Waals surface area contributed by atoms with Gasteiger partial charge in [-0.3, -0.25) is 4.79 Å². The van der Waals surface area contributed by atoms with Crippen LogP contribution in [-0.2, 0) is 22.5 Å². The third-order valence-electron chi connectivity index (χ3n) is 2.37. The van der Waals surface area contributed by atoms with E-state index in [9.17, 15) is 18.0 Å². The summed E-state index contributed by atoms with van der Waals surface area (Å²) in [5.41, 5.74) is 5.32. The van der Waals surface area contributed by atoms with E-state index in [1.54, 1.807) is 6.07 Å². The van der Waals surface area contributed by atoms with Crippen LogP contribution >= 0.6 is 0 Å². The van der Waals surface area contributed by atoms with Gasteiger partial charge in [0.05, 0.1) is 25.2 Å². The molecule has 0 unspecified atom stereocenters. The van der Waals surface area contributed by atoms with E-state index in [4.69, 9.17) is 11.0 Å². The van der Waals surface area contributed by atoms with Crippen LogP contribution in [0.15, 0.2) is 12.1 Å². The number of carbonyl (C=O) groups is 1. The molecular weight excluding hydrogens is 277 g/mol. The van der Waals surface area contributed by atoms with Crippen molar-refractivity contribution in [2.45, 2.75) is 19.3 Å². The van der Waals surface area contributed by atoms with Crippen LogP contribution in [0, 0.1) is 11.3 Å². The standard InChI is InChI=1S/C12H11F3N2O3/c1-19-10(18)4-8-2-7(5-16)3-9(6-17)11(8)20-12(13,14)15/h2-3H,4,6,17H2,1H3. The number of hydrogen-bond donors (Lipinski definition) is 1. The number of hydrogen-bond acceptors (Lipinski definition) is 5. The lowest BCUT2D eigenvalue weighted by atomic mass is 10.0. The maximum atomic E-state index is 12.4. The molecule has 0 saturated carbocycles. The van der Waals surface area contributed by atoms with Gasteiger partial charge in [-0.15, -0.1) is 13.2 Å². The van der Waals surface area contributed by atoms with E-state index < -0.39 is 24.5 Å². The fraction of sp³-hybridized carbons (Fsp3) is 0.333. The van der Waals surface area contributed by atoms with E-state index in [0.29, 0.717) is 0 Å². The van der Waals surface area contributed by atoms with Gasteiger partial charge in [-0.2, -0.15) is 5.26 Å². The largest absolute Gasteiger partial charge is 0.573 e.